The molecule has 22 heavy (non-hydrogen) atoms. The van der Waals surface area contributed by atoms with Crippen molar-refractivity contribution < 1.29 is 17.9 Å². The van der Waals surface area contributed by atoms with E-state index in [1.165, 1.54) is 24.5 Å². The molecule has 110 valence electrons. The maximum atomic E-state index is 13.2. The minimum atomic E-state index is -0.248. The van der Waals surface area contributed by atoms with Crippen molar-refractivity contribution in [1.29, 1.82) is 0 Å². The molecule has 0 saturated carbocycles. The van der Waals surface area contributed by atoms with Crippen LogP contribution in [-0.4, -0.2) is 0 Å². The number of aromatic nitrogens is 2. The minimum Gasteiger partial charge on any atom is -0.200 e. The van der Waals surface area contributed by atoms with Gasteiger partial charge in [0.25, 0.3) is 0 Å². The van der Waals surface area contributed by atoms with E-state index in [2.05, 4.69) is 0 Å². The lowest BCUT2D eigenvalue weighted by atomic mass is 10.1. The third-order valence-electron chi connectivity index (χ3n) is 3.40. The lowest BCUT2D eigenvalue weighted by Gasteiger charge is -2.01. The molecule has 0 aliphatic carbocycles. The van der Waals surface area contributed by atoms with E-state index in [1.807, 2.05) is 36.7 Å². The van der Waals surface area contributed by atoms with Crippen LogP contribution < -0.4 is 9.13 Å². The third-order valence-corrected chi connectivity index (χ3v) is 3.40. The zero-order valence-corrected chi connectivity index (χ0v) is 12.0. The molecule has 1 aromatic carbocycles. The van der Waals surface area contributed by atoms with Crippen LogP contribution in [0, 0.1) is 11.6 Å². The highest BCUT2D eigenvalue weighted by Gasteiger charge is 2.07. The van der Waals surface area contributed by atoms with Crippen LogP contribution in [0.15, 0.2) is 73.3 Å². The van der Waals surface area contributed by atoms with Gasteiger partial charge in [0.05, 0.1) is 0 Å². The highest BCUT2D eigenvalue weighted by molar-refractivity contribution is 5.21. The minimum absolute atomic E-state index is 0.248. The molecule has 0 bridgehead atoms. The summed E-state index contributed by atoms with van der Waals surface area (Å²) in [5.41, 5.74) is 2.17. The number of rotatable bonds is 4. The van der Waals surface area contributed by atoms with E-state index in [-0.39, 0.29) is 11.6 Å². The summed E-state index contributed by atoms with van der Waals surface area (Å²) in [7, 11) is 0. The summed E-state index contributed by atoms with van der Waals surface area (Å²) in [5, 5.41) is 0. The molecule has 0 aliphatic heterocycles. The van der Waals surface area contributed by atoms with Gasteiger partial charge in [-0.25, -0.2) is 8.78 Å². The maximum absolute atomic E-state index is 13.2. The van der Waals surface area contributed by atoms with Crippen LogP contribution in [0.5, 0.6) is 0 Å². The van der Waals surface area contributed by atoms with E-state index >= 15 is 0 Å². The van der Waals surface area contributed by atoms with Gasteiger partial charge in [0.15, 0.2) is 37.1 Å². The summed E-state index contributed by atoms with van der Waals surface area (Å²) in [6.45, 7) is 1.23. The number of hydrogen-bond donors (Lipinski definition) is 0. The predicted octanol–water partition coefficient (Wildman–Crippen LogP) is 2.64. The Hall–Kier alpha value is -2.62. The van der Waals surface area contributed by atoms with Crippen LogP contribution in [0.25, 0.3) is 0 Å². The SMILES string of the molecule is Fc1ccc[n+](Cc2ccc(C[n+]3cccc(F)c3)cc2)c1. The van der Waals surface area contributed by atoms with Crippen LogP contribution in [0.1, 0.15) is 11.1 Å². The first kappa shape index (κ1) is 14.3. The van der Waals surface area contributed by atoms with Crippen molar-refractivity contribution in [2.75, 3.05) is 0 Å². The quantitative estimate of drug-likeness (QED) is 0.654. The first-order valence-electron chi connectivity index (χ1n) is 7.06. The highest BCUT2D eigenvalue weighted by atomic mass is 19.1. The van der Waals surface area contributed by atoms with E-state index in [0.717, 1.165) is 11.1 Å². The molecular formula is C18H16F2N2+2. The number of halogens is 2. The van der Waals surface area contributed by atoms with Crippen molar-refractivity contribution in [3.8, 4) is 0 Å². The summed E-state index contributed by atoms with van der Waals surface area (Å²) < 4.78 is 29.9. The summed E-state index contributed by atoms with van der Waals surface area (Å²) in [6.07, 6.45) is 6.60. The van der Waals surface area contributed by atoms with Gasteiger partial charge in [0.1, 0.15) is 0 Å². The van der Waals surface area contributed by atoms with Gasteiger partial charge >= 0.3 is 0 Å². The molecule has 0 fully saturated rings. The molecule has 3 aromatic rings. The van der Waals surface area contributed by atoms with Gasteiger partial charge < -0.3 is 0 Å². The molecule has 0 atom stereocenters. The maximum Gasteiger partial charge on any atom is 0.205 e. The Labute approximate surface area is 127 Å². The smallest absolute Gasteiger partial charge is 0.200 e. The van der Waals surface area contributed by atoms with Crippen LogP contribution in [-0.2, 0) is 13.1 Å². The normalized spacial score (nSPS) is 10.6. The third kappa shape index (κ3) is 3.73. The average Bonchev–Trinajstić information content (AvgIpc) is 2.49. The fourth-order valence-electron chi connectivity index (χ4n) is 2.35. The topological polar surface area (TPSA) is 7.76 Å². The van der Waals surface area contributed by atoms with Crippen LogP contribution in [0.3, 0.4) is 0 Å². The van der Waals surface area contributed by atoms with Gasteiger partial charge in [-0.05, 0) is 12.1 Å². The fraction of sp³-hybridized carbons (Fsp3) is 0.111. The zero-order chi connectivity index (χ0) is 15.4. The van der Waals surface area contributed by atoms with Crippen molar-refractivity contribution in [3.63, 3.8) is 0 Å². The molecule has 0 N–H and O–H groups in total. The lowest BCUT2D eigenvalue weighted by Crippen LogP contribution is -2.34. The van der Waals surface area contributed by atoms with Gasteiger partial charge in [0.2, 0.25) is 12.4 Å². The summed E-state index contributed by atoms with van der Waals surface area (Å²) >= 11 is 0. The average molecular weight is 298 g/mol. The lowest BCUT2D eigenvalue weighted by molar-refractivity contribution is -0.690. The molecule has 0 spiro atoms. The first-order valence-corrected chi connectivity index (χ1v) is 7.06. The van der Waals surface area contributed by atoms with E-state index < -0.39 is 0 Å². The molecule has 4 heteroatoms. The Kier molecular flexibility index (Phi) is 4.19. The first-order chi connectivity index (χ1) is 10.7. The zero-order valence-electron chi connectivity index (χ0n) is 12.0. The van der Waals surface area contributed by atoms with Crippen molar-refractivity contribution in [3.05, 3.63) is 96.1 Å². The van der Waals surface area contributed by atoms with Crippen molar-refractivity contribution >= 4 is 0 Å². The second-order valence-corrected chi connectivity index (χ2v) is 5.21. The Morgan fingerprint density at radius 3 is 1.41 bits per heavy atom. The molecule has 0 aliphatic rings. The highest BCUT2D eigenvalue weighted by Crippen LogP contribution is 2.04. The molecule has 0 unspecified atom stereocenters. The van der Waals surface area contributed by atoms with E-state index in [0.29, 0.717) is 13.1 Å². The molecular weight excluding hydrogens is 282 g/mol. The summed E-state index contributed by atoms with van der Waals surface area (Å²) in [4.78, 5) is 0. The van der Waals surface area contributed by atoms with E-state index in [1.54, 1.807) is 21.3 Å². The number of pyridine rings is 2. The Morgan fingerprint density at radius 2 is 1.05 bits per heavy atom. The Morgan fingerprint density at radius 1 is 0.636 bits per heavy atom. The summed E-state index contributed by atoms with van der Waals surface area (Å²) in [5.74, 6) is -0.497. The summed E-state index contributed by atoms with van der Waals surface area (Å²) in [6, 6.07) is 14.3. The van der Waals surface area contributed by atoms with Crippen molar-refractivity contribution in [2.45, 2.75) is 13.1 Å². The molecule has 0 saturated heterocycles. The largest absolute Gasteiger partial charge is 0.205 e. The number of nitrogens with zero attached hydrogens (tertiary/aromatic N) is 2. The van der Waals surface area contributed by atoms with Crippen LogP contribution >= 0.6 is 0 Å². The number of hydrogen-bond acceptors (Lipinski definition) is 0. The van der Waals surface area contributed by atoms with Crippen molar-refractivity contribution in [1.82, 2.24) is 0 Å². The molecule has 3 rings (SSSR count). The standard InChI is InChI=1S/C18H16F2N2/c19-17-3-1-9-21(13-17)11-15-5-7-16(8-6-15)12-22-10-2-4-18(20)14-22/h1-10,13-14H,11-12H2/q+2. The Balaban J connectivity index is 1.70. The Bertz CT molecular complexity index is 704. The van der Waals surface area contributed by atoms with Gasteiger partial charge in [-0.3, -0.25) is 0 Å². The van der Waals surface area contributed by atoms with E-state index in [9.17, 15) is 8.78 Å². The van der Waals surface area contributed by atoms with Crippen molar-refractivity contribution in [2.24, 2.45) is 0 Å². The van der Waals surface area contributed by atoms with Gasteiger partial charge in [-0.15, -0.1) is 0 Å². The van der Waals surface area contributed by atoms with Gasteiger partial charge in [0, 0.05) is 23.3 Å². The van der Waals surface area contributed by atoms with Gasteiger partial charge in [-0.2, -0.15) is 9.13 Å². The fourth-order valence-corrected chi connectivity index (χ4v) is 2.35. The second-order valence-electron chi connectivity index (χ2n) is 5.21. The van der Waals surface area contributed by atoms with E-state index in [4.69, 9.17) is 0 Å². The molecule has 0 radical (unpaired) electrons. The predicted molar refractivity (Wildman–Crippen MR) is 77.8 cm³/mol. The molecule has 2 aromatic heterocycles. The molecule has 2 heterocycles. The monoisotopic (exact) mass is 298 g/mol. The molecule has 2 nitrogen and oxygen atoms in total. The second kappa shape index (κ2) is 6.43. The van der Waals surface area contributed by atoms with Crippen LogP contribution in [0.2, 0.25) is 0 Å². The molecule has 0 amide bonds. The van der Waals surface area contributed by atoms with Gasteiger partial charge in [-0.1, -0.05) is 24.3 Å². The number of benzene rings is 1. The van der Waals surface area contributed by atoms with Crippen LogP contribution in [0.4, 0.5) is 8.78 Å².